The van der Waals surface area contributed by atoms with Gasteiger partial charge in [-0.3, -0.25) is 0 Å². The summed E-state index contributed by atoms with van der Waals surface area (Å²) >= 11 is 6.35. The highest BCUT2D eigenvalue weighted by Crippen LogP contribution is 2.17. The molecule has 9 heteroatoms. The lowest BCUT2D eigenvalue weighted by Crippen LogP contribution is -2.38. The van der Waals surface area contributed by atoms with Crippen LogP contribution in [0.1, 0.15) is 22.8 Å². The van der Waals surface area contributed by atoms with Gasteiger partial charge in [-0.25, -0.2) is 4.99 Å². The van der Waals surface area contributed by atoms with E-state index in [4.69, 9.17) is 21.3 Å². The van der Waals surface area contributed by atoms with Gasteiger partial charge < -0.3 is 19.5 Å². The van der Waals surface area contributed by atoms with E-state index in [9.17, 15) is 0 Å². The average Bonchev–Trinajstić information content (AvgIpc) is 3.08. The maximum Gasteiger partial charge on any atom is 0.194 e. The summed E-state index contributed by atoms with van der Waals surface area (Å²) in [5.74, 6) is 3.30. The van der Waals surface area contributed by atoms with Crippen LogP contribution in [0.15, 0.2) is 53.5 Å². The van der Waals surface area contributed by atoms with Crippen molar-refractivity contribution in [3.05, 3.63) is 76.3 Å². The number of halogens is 2. The Balaban J connectivity index is 0.00000341. The SMILES string of the molecule is COc1ccc(CN=C(NCc2nnc(C)n2C)N(C)Cc2ccccc2Cl)cc1.I. The van der Waals surface area contributed by atoms with Crippen LogP contribution in [0.25, 0.3) is 0 Å². The monoisotopic (exact) mass is 554 g/mol. The van der Waals surface area contributed by atoms with E-state index in [0.29, 0.717) is 19.6 Å². The quantitative estimate of drug-likeness (QED) is 0.270. The first-order valence-corrected chi connectivity index (χ1v) is 10.1. The fraction of sp³-hybridized carbons (Fsp3) is 0.318. The van der Waals surface area contributed by atoms with Crippen LogP contribution in [0.4, 0.5) is 0 Å². The van der Waals surface area contributed by atoms with Crippen molar-refractivity contribution in [3.63, 3.8) is 0 Å². The molecule has 2 aromatic carbocycles. The van der Waals surface area contributed by atoms with Gasteiger partial charge in [0.25, 0.3) is 0 Å². The van der Waals surface area contributed by atoms with Gasteiger partial charge in [-0.05, 0) is 36.2 Å². The van der Waals surface area contributed by atoms with Gasteiger partial charge in [0.1, 0.15) is 11.6 Å². The van der Waals surface area contributed by atoms with Gasteiger partial charge in [0.05, 0.1) is 20.2 Å². The number of aromatic nitrogens is 3. The van der Waals surface area contributed by atoms with E-state index in [2.05, 4.69) is 15.5 Å². The molecule has 0 aliphatic rings. The van der Waals surface area contributed by atoms with Crippen molar-refractivity contribution in [1.82, 2.24) is 25.0 Å². The largest absolute Gasteiger partial charge is 0.497 e. The summed E-state index contributed by atoms with van der Waals surface area (Å²) in [5.41, 5.74) is 2.13. The number of aryl methyl sites for hydroxylation is 1. The molecule has 1 aromatic heterocycles. The van der Waals surface area contributed by atoms with Gasteiger partial charge in [-0.1, -0.05) is 41.9 Å². The van der Waals surface area contributed by atoms with E-state index in [1.807, 2.05) is 79.0 Å². The van der Waals surface area contributed by atoms with Crippen LogP contribution in [0.5, 0.6) is 5.75 Å². The lowest BCUT2D eigenvalue weighted by molar-refractivity contribution is 0.414. The topological polar surface area (TPSA) is 67.6 Å². The maximum atomic E-state index is 6.35. The molecule has 0 fully saturated rings. The van der Waals surface area contributed by atoms with E-state index in [-0.39, 0.29) is 24.0 Å². The Labute approximate surface area is 205 Å². The normalized spacial score (nSPS) is 11.1. The number of nitrogens with one attached hydrogen (secondary N) is 1. The molecule has 7 nitrogen and oxygen atoms in total. The van der Waals surface area contributed by atoms with Crippen LogP contribution < -0.4 is 10.1 Å². The predicted octanol–water partition coefficient (Wildman–Crippen LogP) is 4.18. The minimum atomic E-state index is 0. The summed E-state index contributed by atoms with van der Waals surface area (Å²) in [6.07, 6.45) is 0. The fourth-order valence-corrected chi connectivity index (χ4v) is 3.12. The minimum Gasteiger partial charge on any atom is -0.497 e. The van der Waals surface area contributed by atoms with Crippen LogP contribution in [-0.4, -0.2) is 39.8 Å². The Morgan fingerprint density at radius 2 is 1.87 bits per heavy atom. The number of rotatable bonds is 7. The van der Waals surface area contributed by atoms with Gasteiger partial charge >= 0.3 is 0 Å². The van der Waals surface area contributed by atoms with E-state index in [1.165, 1.54) is 0 Å². The highest BCUT2D eigenvalue weighted by atomic mass is 127. The van der Waals surface area contributed by atoms with Gasteiger partial charge in [0.15, 0.2) is 11.8 Å². The number of guanidine groups is 1. The molecular formula is C22H28ClIN6O. The third-order valence-corrected chi connectivity index (χ3v) is 5.25. The number of hydrogen-bond acceptors (Lipinski definition) is 4. The summed E-state index contributed by atoms with van der Waals surface area (Å²) in [5, 5.41) is 12.5. The van der Waals surface area contributed by atoms with Crippen molar-refractivity contribution in [1.29, 1.82) is 0 Å². The second kappa shape index (κ2) is 11.9. The zero-order valence-corrected chi connectivity index (χ0v) is 21.3. The molecule has 0 amide bonds. The Morgan fingerprint density at radius 3 is 2.48 bits per heavy atom. The smallest absolute Gasteiger partial charge is 0.194 e. The summed E-state index contributed by atoms with van der Waals surface area (Å²) in [7, 11) is 5.60. The van der Waals surface area contributed by atoms with Crippen molar-refractivity contribution < 1.29 is 4.74 Å². The Morgan fingerprint density at radius 1 is 1.16 bits per heavy atom. The molecule has 31 heavy (non-hydrogen) atoms. The van der Waals surface area contributed by atoms with Crippen molar-refractivity contribution in [2.75, 3.05) is 14.2 Å². The lowest BCUT2D eigenvalue weighted by Gasteiger charge is -2.23. The highest BCUT2D eigenvalue weighted by molar-refractivity contribution is 14.0. The third-order valence-electron chi connectivity index (χ3n) is 4.88. The first-order valence-electron chi connectivity index (χ1n) is 9.68. The summed E-state index contributed by atoms with van der Waals surface area (Å²) in [6.45, 7) is 3.62. The molecule has 0 atom stereocenters. The predicted molar refractivity (Wildman–Crippen MR) is 135 cm³/mol. The molecule has 166 valence electrons. The molecular weight excluding hydrogens is 527 g/mol. The van der Waals surface area contributed by atoms with Crippen LogP contribution in [-0.2, 0) is 26.7 Å². The van der Waals surface area contributed by atoms with E-state index >= 15 is 0 Å². The average molecular weight is 555 g/mol. The standard InChI is InChI=1S/C22H27ClN6O.HI/c1-16-26-27-21(29(16)3)14-25-22(24-13-17-9-11-19(30-4)12-10-17)28(2)15-18-7-5-6-8-20(18)23;/h5-12H,13-15H2,1-4H3,(H,24,25);1H. The van der Waals surface area contributed by atoms with E-state index in [1.54, 1.807) is 7.11 Å². The van der Waals surface area contributed by atoms with Gasteiger partial charge in [0, 0.05) is 25.7 Å². The highest BCUT2D eigenvalue weighted by Gasteiger charge is 2.12. The Kier molecular flexibility index (Phi) is 9.57. The van der Waals surface area contributed by atoms with Crippen molar-refractivity contribution in [2.45, 2.75) is 26.6 Å². The van der Waals surface area contributed by atoms with E-state index < -0.39 is 0 Å². The molecule has 3 rings (SSSR count). The Bertz CT molecular complexity index is 1010. The molecule has 0 saturated heterocycles. The summed E-state index contributed by atoms with van der Waals surface area (Å²) in [4.78, 5) is 6.87. The molecule has 0 bridgehead atoms. The molecule has 0 aliphatic heterocycles. The molecule has 0 unspecified atom stereocenters. The molecule has 0 saturated carbocycles. The fourth-order valence-electron chi connectivity index (χ4n) is 2.93. The molecule has 3 aromatic rings. The number of methoxy groups -OCH3 is 1. The number of aliphatic imine (C=N–C) groups is 1. The number of hydrogen-bond donors (Lipinski definition) is 1. The van der Waals surface area contributed by atoms with Gasteiger partial charge in [0.2, 0.25) is 0 Å². The minimum absolute atomic E-state index is 0. The van der Waals surface area contributed by atoms with Crippen LogP contribution in [0.3, 0.4) is 0 Å². The maximum absolute atomic E-state index is 6.35. The van der Waals surface area contributed by atoms with Crippen LogP contribution >= 0.6 is 35.6 Å². The first kappa shape index (κ1) is 24.9. The Hall–Kier alpha value is -2.33. The zero-order chi connectivity index (χ0) is 21.5. The molecule has 0 aliphatic carbocycles. The third kappa shape index (κ3) is 6.83. The van der Waals surface area contributed by atoms with Crippen molar-refractivity contribution >= 4 is 41.5 Å². The number of benzene rings is 2. The van der Waals surface area contributed by atoms with Crippen LogP contribution in [0, 0.1) is 6.92 Å². The first-order chi connectivity index (χ1) is 14.5. The number of nitrogens with zero attached hydrogens (tertiary/aromatic N) is 5. The molecule has 1 N–H and O–H groups in total. The second-order valence-corrected chi connectivity index (χ2v) is 7.42. The van der Waals surface area contributed by atoms with Crippen LogP contribution in [0.2, 0.25) is 5.02 Å². The molecule has 0 radical (unpaired) electrons. The molecule has 1 heterocycles. The van der Waals surface area contributed by atoms with Gasteiger partial charge in [-0.2, -0.15) is 0 Å². The van der Waals surface area contributed by atoms with Crippen molar-refractivity contribution in [2.24, 2.45) is 12.0 Å². The number of ether oxygens (including phenoxy) is 1. The van der Waals surface area contributed by atoms with Gasteiger partial charge in [-0.15, -0.1) is 34.2 Å². The zero-order valence-electron chi connectivity index (χ0n) is 18.2. The van der Waals surface area contributed by atoms with Crippen molar-refractivity contribution in [3.8, 4) is 5.75 Å². The molecule has 0 spiro atoms. The summed E-state index contributed by atoms with van der Waals surface area (Å²) in [6, 6.07) is 15.7. The summed E-state index contributed by atoms with van der Waals surface area (Å²) < 4.78 is 7.19. The lowest BCUT2D eigenvalue weighted by atomic mass is 10.2. The second-order valence-electron chi connectivity index (χ2n) is 7.01. The van der Waals surface area contributed by atoms with E-state index in [0.717, 1.165) is 39.5 Å².